The molecule has 0 spiro atoms. The maximum Gasteiger partial charge on any atom is 0.333 e. The van der Waals surface area contributed by atoms with Crippen molar-refractivity contribution in [1.29, 1.82) is 0 Å². The molecule has 0 saturated heterocycles. The van der Waals surface area contributed by atoms with Crippen molar-refractivity contribution in [2.75, 3.05) is 14.5 Å². The van der Waals surface area contributed by atoms with E-state index in [0.717, 1.165) is 0 Å². The second-order valence-corrected chi connectivity index (χ2v) is 13.6. The summed E-state index contributed by atoms with van der Waals surface area (Å²) in [5.41, 5.74) is 25.5. The summed E-state index contributed by atoms with van der Waals surface area (Å²) in [6.45, 7) is 0.174. The number of nitrogens with zero attached hydrogens (tertiary/aromatic N) is 3. The number of hydrogen-bond acceptors (Lipinski definition) is 3. The Hall–Kier alpha value is -5.93. The van der Waals surface area contributed by atoms with Gasteiger partial charge in [0.05, 0.1) is 0 Å². The summed E-state index contributed by atoms with van der Waals surface area (Å²) in [5.74, 6) is 0. The highest BCUT2D eigenvalue weighted by Crippen LogP contribution is 2.56. The molecule has 0 bridgehead atoms. The highest BCUT2D eigenvalue weighted by molar-refractivity contribution is 7.00. The Kier molecular flexibility index (Phi) is 3.84. The van der Waals surface area contributed by atoms with Crippen LogP contribution in [0.5, 0.6) is 0 Å². The third-order valence-corrected chi connectivity index (χ3v) is 11.7. The molecule has 6 aliphatic heterocycles. The summed E-state index contributed by atoms with van der Waals surface area (Å²) in [5, 5.41) is 0. The van der Waals surface area contributed by atoms with Crippen molar-refractivity contribution in [2.45, 2.75) is 0 Å². The van der Waals surface area contributed by atoms with E-state index in [1.807, 2.05) is 0 Å². The fraction of sp³-hybridized carbons (Fsp3) is 0. The van der Waals surface area contributed by atoms with Gasteiger partial charge in [0, 0.05) is 62.1 Å². The van der Waals surface area contributed by atoms with Gasteiger partial charge in [-0.3, -0.25) is 0 Å². The molecule has 212 valence electrons. The Morgan fingerprint density at radius 2 is 0.638 bits per heavy atom. The van der Waals surface area contributed by atoms with Gasteiger partial charge in [-0.2, -0.15) is 0 Å². The Morgan fingerprint density at radius 3 is 1.06 bits per heavy atom. The second-order valence-electron chi connectivity index (χ2n) is 13.6. The zero-order valence-electron chi connectivity index (χ0n) is 25.3. The molecule has 6 heterocycles. The van der Waals surface area contributed by atoms with Crippen molar-refractivity contribution in [1.82, 2.24) is 0 Å². The molecule has 0 fully saturated rings. The summed E-state index contributed by atoms with van der Waals surface area (Å²) in [6, 6.07) is 52.7. The van der Waals surface area contributed by atoms with E-state index >= 15 is 0 Å². The molecule has 0 aliphatic carbocycles. The molecular formula is C42H23B2N3. The predicted molar refractivity (Wildman–Crippen MR) is 197 cm³/mol. The van der Waals surface area contributed by atoms with Crippen LogP contribution in [-0.2, 0) is 0 Å². The van der Waals surface area contributed by atoms with E-state index in [1.165, 1.54) is 106 Å². The van der Waals surface area contributed by atoms with E-state index in [0.29, 0.717) is 0 Å². The lowest BCUT2D eigenvalue weighted by Gasteiger charge is -2.54. The number of rotatable bonds is 0. The quantitative estimate of drug-likeness (QED) is 0.168. The fourth-order valence-corrected chi connectivity index (χ4v) is 10.1. The van der Waals surface area contributed by atoms with E-state index in [2.05, 4.69) is 154 Å². The molecule has 0 radical (unpaired) electrons. The molecule has 47 heavy (non-hydrogen) atoms. The molecule has 0 atom stereocenters. The van der Waals surface area contributed by atoms with E-state index in [4.69, 9.17) is 0 Å². The molecule has 0 aromatic heterocycles. The predicted octanol–water partition coefficient (Wildman–Crippen LogP) is 7.59. The van der Waals surface area contributed by atoms with Crippen LogP contribution in [0.3, 0.4) is 0 Å². The van der Waals surface area contributed by atoms with Crippen LogP contribution >= 0.6 is 0 Å². The van der Waals surface area contributed by atoms with Crippen molar-refractivity contribution < 1.29 is 0 Å². The first-order chi connectivity index (χ1) is 23.4. The van der Waals surface area contributed by atoms with Gasteiger partial charge in [-0.15, -0.1) is 0 Å². The van der Waals surface area contributed by atoms with Gasteiger partial charge >= 0.3 is 13.7 Å². The summed E-state index contributed by atoms with van der Waals surface area (Å²) < 4.78 is 0. The molecule has 7 aromatic carbocycles. The zero-order valence-corrected chi connectivity index (χ0v) is 25.3. The number of hydrogen-bond donors (Lipinski definition) is 0. The third-order valence-electron chi connectivity index (χ3n) is 11.7. The minimum absolute atomic E-state index is 0.0868. The Bertz CT molecular complexity index is 2470. The van der Waals surface area contributed by atoms with Crippen molar-refractivity contribution >= 4 is 75.4 Å². The molecule has 6 aliphatic rings. The van der Waals surface area contributed by atoms with Gasteiger partial charge in [0.15, 0.2) is 0 Å². The molecule has 5 heteroatoms. The monoisotopic (exact) mass is 591 g/mol. The number of fused-ring (bicyclic) bond motifs is 14. The van der Waals surface area contributed by atoms with Crippen LogP contribution < -0.4 is 36.4 Å². The molecular weight excluding hydrogens is 568 g/mol. The van der Waals surface area contributed by atoms with E-state index in [1.54, 1.807) is 0 Å². The molecule has 0 N–H and O–H groups in total. The van der Waals surface area contributed by atoms with Crippen LogP contribution in [0.15, 0.2) is 140 Å². The van der Waals surface area contributed by atoms with Gasteiger partial charge in [0.1, 0.15) is 0 Å². The zero-order chi connectivity index (χ0) is 30.1. The minimum Gasteiger partial charge on any atom is -0.376 e. The first kappa shape index (κ1) is 23.4. The van der Waals surface area contributed by atoms with Crippen LogP contribution in [0.1, 0.15) is 0 Å². The number of para-hydroxylation sites is 4. The third kappa shape index (κ3) is 2.45. The second kappa shape index (κ2) is 7.71. The normalized spacial score (nSPS) is 15.0. The summed E-state index contributed by atoms with van der Waals surface area (Å²) >= 11 is 0. The van der Waals surface area contributed by atoms with Crippen LogP contribution in [0.4, 0.5) is 39.8 Å². The summed E-state index contributed by atoms with van der Waals surface area (Å²) in [7, 11) is 0. The average Bonchev–Trinajstić information content (AvgIpc) is 3.14. The average molecular weight is 591 g/mol. The summed E-state index contributed by atoms with van der Waals surface area (Å²) in [6.07, 6.45) is 0. The maximum absolute atomic E-state index is 2.66. The van der Waals surface area contributed by atoms with Crippen LogP contribution in [0, 0.1) is 0 Å². The first-order valence-corrected chi connectivity index (χ1v) is 16.6. The molecule has 0 amide bonds. The van der Waals surface area contributed by atoms with Gasteiger partial charge in [0.25, 0.3) is 0 Å². The van der Waals surface area contributed by atoms with Crippen molar-refractivity contribution in [3.8, 4) is 44.5 Å². The molecule has 7 aromatic rings. The van der Waals surface area contributed by atoms with Crippen molar-refractivity contribution in [2.24, 2.45) is 0 Å². The van der Waals surface area contributed by atoms with Gasteiger partial charge in [-0.05, 0) is 86.6 Å². The van der Waals surface area contributed by atoms with Crippen LogP contribution in [0.2, 0.25) is 0 Å². The molecule has 0 saturated carbocycles. The summed E-state index contributed by atoms with van der Waals surface area (Å²) in [4.78, 5) is 7.95. The highest BCUT2D eigenvalue weighted by Gasteiger charge is 2.56. The SMILES string of the molecule is c1ccc2c(c1)-c1cccc3c1B1c4c(cc5c6c4N3c3cccc4c3B6N(c3ccccc3-4)c3ccccc3-5)-c3ccccc3N12. The van der Waals surface area contributed by atoms with Gasteiger partial charge < -0.3 is 14.5 Å². The Morgan fingerprint density at radius 1 is 0.298 bits per heavy atom. The van der Waals surface area contributed by atoms with E-state index in [-0.39, 0.29) is 13.7 Å². The van der Waals surface area contributed by atoms with E-state index in [9.17, 15) is 0 Å². The fourth-order valence-electron chi connectivity index (χ4n) is 10.1. The number of benzene rings is 7. The highest BCUT2D eigenvalue weighted by atomic mass is 15.2. The molecule has 3 nitrogen and oxygen atoms in total. The standard InChI is InChI=1S/C42H23B2N3/c1-5-17-32-24(11-1)28-15-9-21-36-38(28)43-40-30(26-13-3-7-19-34(26)46(32)43)23-31-27-14-4-8-20-35(27)47-33-18-6-2-12-25(33)29-16-10-22-37-39(29)44(47)41(31)42(40)45(36)37/h1-23H. The Labute approximate surface area is 273 Å². The van der Waals surface area contributed by atoms with Gasteiger partial charge in [0.2, 0.25) is 0 Å². The first-order valence-electron chi connectivity index (χ1n) is 16.6. The van der Waals surface area contributed by atoms with E-state index < -0.39 is 0 Å². The maximum atomic E-state index is 2.66. The van der Waals surface area contributed by atoms with Crippen molar-refractivity contribution in [3.05, 3.63) is 140 Å². The van der Waals surface area contributed by atoms with Gasteiger partial charge in [-0.25, -0.2) is 0 Å². The molecule has 13 rings (SSSR count). The van der Waals surface area contributed by atoms with Crippen LogP contribution in [-0.4, -0.2) is 13.7 Å². The van der Waals surface area contributed by atoms with Crippen molar-refractivity contribution in [3.63, 3.8) is 0 Å². The minimum atomic E-state index is 0.0868. The lowest BCUT2D eigenvalue weighted by atomic mass is 9.35. The Balaban J connectivity index is 1.28. The van der Waals surface area contributed by atoms with Gasteiger partial charge in [-0.1, -0.05) is 97.1 Å². The molecule has 0 unspecified atom stereocenters. The smallest absolute Gasteiger partial charge is 0.333 e. The largest absolute Gasteiger partial charge is 0.376 e. The number of anilines is 7. The lowest BCUT2D eigenvalue weighted by Crippen LogP contribution is -2.70. The lowest BCUT2D eigenvalue weighted by molar-refractivity contribution is 1.25. The van der Waals surface area contributed by atoms with Crippen LogP contribution in [0.25, 0.3) is 44.5 Å². The topological polar surface area (TPSA) is 9.72 Å².